The van der Waals surface area contributed by atoms with Crippen molar-refractivity contribution in [3.63, 3.8) is 0 Å². The van der Waals surface area contributed by atoms with Crippen molar-refractivity contribution in [3.05, 3.63) is 54.6 Å². The summed E-state index contributed by atoms with van der Waals surface area (Å²) in [5, 5.41) is 3.29. The Labute approximate surface area is 137 Å². The molecule has 0 aromatic heterocycles. The lowest BCUT2D eigenvalue weighted by Crippen LogP contribution is -2.39. The van der Waals surface area contributed by atoms with Gasteiger partial charge in [0.25, 0.3) is 0 Å². The number of likely N-dealkylation sites (tertiary alicyclic amines) is 1. The number of nitrogens with one attached hydrogen (secondary N) is 1. The van der Waals surface area contributed by atoms with Gasteiger partial charge in [0.2, 0.25) is 5.91 Å². The molecule has 1 aliphatic rings. The van der Waals surface area contributed by atoms with Crippen molar-refractivity contribution in [1.29, 1.82) is 0 Å². The maximum absolute atomic E-state index is 12.4. The van der Waals surface area contributed by atoms with Crippen molar-refractivity contribution < 1.29 is 9.53 Å². The summed E-state index contributed by atoms with van der Waals surface area (Å²) in [6.45, 7) is 3.64. The van der Waals surface area contributed by atoms with Crippen molar-refractivity contribution in [1.82, 2.24) is 4.90 Å². The molecule has 1 N–H and O–H groups in total. The molecule has 1 aliphatic heterocycles. The van der Waals surface area contributed by atoms with Crippen LogP contribution in [0.3, 0.4) is 0 Å². The minimum atomic E-state index is -0.270. The van der Waals surface area contributed by atoms with E-state index in [2.05, 4.69) is 5.32 Å². The van der Waals surface area contributed by atoms with E-state index < -0.39 is 0 Å². The van der Waals surface area contributed by atoms with Gasteiger partial charge in [-0.25, -0.2) is 0 Å². The van der Waals surface area contributed by atoms with E-state index in [1.165, 1.54) is 0 Å². The molecule has 1 saturated heterocycles. The Bertz CT molecular complexity index is 651. The topological polar surface area (TPSA) is 41.6 Å². The zero-order valence-corrected chi connectivity index (χ0v) is 13.4. The van der Waals surface area contributed by atoms with E-state index in [0.717, 1.165) is 43.1 Å². The van der Waals surface area contributed by atoms with Crippen molar-refractivity contribution in [3.8, 4) is 11.5 Å². The van der Waals surface area contributed by atoms with Crippen LogP contribution in [0.15, 0.2) is 54.6 Å². The normalized spacial score (nSPS) is 15.3. The second-order valence-corrected chi connectivity index (χ2v) is 5.81. The number of carbonyl (C=O) groups is 1. The summed E-state index contributed by atoms with van der Waals surface area (Å²) >= 11 is 0. The van der Waals surface area contributed by atoms with Crippen LogP contribution in [0.4, 0.5) is 5.69 Å². The van der Waals surface area contributed by atoms with Gasteiger partial charge < -0.3 is 15.0 Å². The third-order valence-electron chi connectivity index (χ3n) is 4.02. The minimum Gasteiger partial charge on any atom is -0.455 e. The predicted octanol–water partition coefficient (Wildman–Crippen LogP) is 3.90. The summed E-state index contributed by atoms with van der Waals surface area (Å²) in [6.07, 6.45) is 2.21. The Morgan fingerprint density at radius 2 is 1.70 bits per heavy atom. The summed E-state index contributed by atoms with van der Waals surface area (Å²) < 4.78 is 5.93. The van der Waals surface area contributed by atoms with Gasteiger partial charge in [-0.1, -0.05) is 30.3 Å². The van der Waals surface area contributed by atoms with Crippen LogP contribution in [0.1, 0.15) is 19.8 Å². The van der Waals surface area contributed by atoms with E-state index in [4.69, 9.17) is 4.74 Å². The lowest BCUT2D eigenvalue weighted by Gasteiger charge is -2.23. The predicted molar refractivity (Wildman–Crippen MR) is 91.9 cm³/mol. The van der Waals surface area contributed by atoms with E-state index in [1.807, 2.05) is 66.4 Å². The molecule has 0 spiro atoms. The molecular formula is C19H22N2O2. The highest BCUT2D eigenvalue weighted by Gasteiger charge is 2.23. The molecule has 0 bridgehead atoms. The number of carbonyl (C=O) groups excluding carboxylic acids is 1. The molecule has 4 heteroatoms. The third kappa shape index (κ3) is 3.83. The number of para-hydroxylation sites is 3. The van der Waals surface area contributed by atoms with Gasteiger partial charge in [-0.2, -0.15) is 0 Å². The highest BCUT2D eigenvalue weighted by atomic mass is 16.5. The van der Waals surface area contributed by atoms with Gasteiger partial charge in [0, 0.05) is 13.1 Å². The quantitative estimate of drug-likeness (QED) is 0.910. The molecule has 120 valence electrons. The van der Waals surface area contributed by atoms with E-state index in [0.29, 0.717) is 0 Å². The first-order chi connectivity index (χ1) is 11.2. The lowest BCUT2D eigenvalue weighted by atomic mass is 10.2. The summed E-state index contributed by atoms with van der Waals surface area (Å²) in [6, 6.07) is 17.1. The number of hydrogen-bond donors (Lipinski definition) is 1. The summed E-state index contributed by atoms with van der Waals surface area (Å²) in [7, 11) is 0. The van der Waals surface area contributed by atoms with Crippen molar-refractivity contribution in [2.24, 2.45) is 0 Å². The van der Waals surface area contributed by atoms with E-state index in [9.17, 15) is 4.79 Å². The number of ether oxygens (including phenoxy) is 1. The molecule has 3 rings (SSSR count). The fourth-order valence-electron chi connectivity index (χ4n) is 2.80. The highest BCUT2D eigenvalue weighted by molar-refractivity contribution is 5.85. The molecule has 0 radical (unpaired) electrons. The minimum absolute atomic E-state index is 0.150. The van der Waals surface area contributed by atoms with Crippen molar-refractivity contribution in [2.45, 2.75) is 25.8 Å². The Morgan fingerprint density at radius 1 is 1.04 bits per heavy atom. The SMILES string of the molecule is C[C@@H](Nc1ccccc1Oc1ccccc1)C(=O)N1CCCC1. The van der Waals surface area contributed by atoms with Crippen molar-refractivity contribution >= 4 is 11.6 Å². The van der Waals surface area contributed by atoms with Gasteiger partial charge in [-0.05, 0) is 44.0 Å². The van der Waals surface area contributed by atoms with Crippen molar-refractivity contribution in [2.75, 3.05) is 18.4 Å². The number of anilines is 1. The number of hydrogen-bond acceptors (Lipinski definition) is 3. The maximum Gasteiger partial charge on any atom is 0.244 e. The molecule has 0 aliphatic carbocycles. The molecule has 1 fully saturated rings. The van der Waals surface area contributed by atoms with Gasteiger partial charge >= 0.3 is 0 Å². The Balaban J connectivity index is 1.71. The second-order valence-electron chi connectivity index (χ2n) is 5.81. The van der Waals surface area contributed by atoms with Gasteiger partial charge in [-0.3, -0.25) is 4.79 Å². The molecule has 23 heavy (non-hydrogen) atoms. The molecule has 1 heterocycles. The number of nitrogens with zero attached hydrogens (tertiary/aromatic N) is 1. The van der Waals surface area contributed by atoms with Gasteiger partial charge in [-0.15, -0.1) is 0 Å². The molecule has 2 aromatic rings. The fraction of sp³-hybridized carbons (Fsp3) is 0.316. The average Bonchev–Trinajstić information content (AvgIpc) is 3.11. The van der Waals surface area contributed by atoms with E-state index in [1.54, 1.807) is 0 Å². The number of rotatable bonds is 5. The zero-order chi connectivity index (χ0) is 16.1. The van der Waals surface area contributed by atoms with E-state index in [-0.39, 0.29) is 11.9 Å². The van der Waals surface area contributed by atoms with Crippen LogP contribution in [-0.4, -0.2) is 29.9 Å². The maximum atomic E-state index is 12.4. The largest absolute Gasteiger partial charge is 0.455 e. The van der Waals surface area contributed by atoms with E-state index >= 15 is 0 Å². The van der Waals surface area contributed by atoms with Crippen LogP contribution >= 0.6 is 0 Å². The Kier molecular flexibility index (Phi) is 4.81. The number of amides is 1. The van der Waals surface area contributed by atoms with Crippen LogP contribution < -0.4 is 10.1 Å². The molecule has 0 unspecified atom stereocenters. The third-order valence-corrected chi connectivity index (χ3v) is 4.02. The standard InChI is InChI=1S/C19H22N2O2/c1-15(19(22)21-13-7-8-14-21)20-17-11-5-6-12-18(17)23-16-9-3-2-4-10-16/h2-6,9-12,15,20H,7-8,13-14H2,1H3/t15-/m1/s1. The molecule has 2 aromatic carbocycles. The molecule has 0 saturated carbocycles. The first kappa shape index (κ1) is 15.4. The molecule has 1 atom stereocenters. The zero-order valence-electron chi connectivity index (χ0n) is 13.4. The van der Waals surface area contributed by atoms with Gasteiger partial charge in [0.15, 0.2) is 5.75 Å². The van der Waals surface area contributed by atoms with Gasteiger partial charge in [0.1, 0.15) is 11.8 Å². The highest BCUT2D eigenvalue weighted by Crippen LogP contribution is 2.29. The average molecular weight is 310 g/mol. The van der Waals surface area contributed by atoms with Gasteiger partial charge in [0.05, 0.1) is 5.69 Å². The van der Waals surface area contributed by atoms with Crippen LogP contribution in [0.5, 0.6) is 11.5 Å². The fourth-order valence-corrected chi connectivity index (χ4v) is 2.80. The Morgan fingerprint density at radius 3 is 2.43 bits per heavy atom. The second kappa shape index (κ2) is 7.18. The van der Waals surface area contributed by atoms with Crippen LogP contribution in [0, 0.1) is 0 Å². The number of benzene rings is 2. The van der Waals surface area contributed by atoms with Crippen LogP contribution in [0.25, 0.3) is 0 Å². The molecule has 1 amide bonds. The smallest absolute Gasteiger partial charge is 0.244 e. The van der Waals surface area contributed by atoms with Crippen LogP contribution in [-0.2, 0) is 4.79 Å². The lowest BCUT2D eigenvalue weighted by molar-refractivity contribution is -0.130. The molecular weight excluding hydrogens is 288 g/mol. The summed E-state index contributed by atoms with van der Waals surface area (Å²) in [4.78, 5) is 14.4. The Hall–Kier alpha value is -2.49. The monoisotopic (exact) mass is 310 g/mol. The summed E-state index contributed by atoms with van der Waals surface area (Å²) in [5.74, 6) is 1.65. The molecule has 4 nitrogen and oxygen atoms in total. The summed E-state index contributed by atoms with van der Waals surface area (Å²) in [5.41, 5.74) is 0.830. The first-order valence-corrected chi connectivity index (χ1v) is 8.11. The first-order valence-electron chi connectivity index (χ1n) is 8.11. The van der Waals surface area contributed by atoms with Crippen LogP contribution in [0.2, 0.25) is 0 Å².